The molecule has 160 valence electrons. The Kier molecular flexibility index (Phi) is 6.82. The molecule has 2 heterocycles. The number of aryl methyl sites for hydroxylation is 4. The zero-order valence-corrected chi connectivity index (χ0v) is 18.6. The van der Waals surface area contributed by atoms with Crippen molar-refractivity contribution in [1.82, 2.24) is 15.2 Å². The Hall–Kier alpha value is -2.21. The zero-order chi connectivity index (χ0) is 20.9. The van der Waals surface area contributed by atoms with Gasteiger partial charge in [0, 0.05) is 36.5 Å². The highest BCUT2D eigenvalue weighted by atomic mass is 32.1. The molecule has 1 N–H and O–H groups in total. The third-order valence-electron chi connectivity index (χ3n) is 6.13. The van der Waals surface area contributed by atoms with Crippen LogP contribution in [0.4, 0.5) is 0 Å². The van der Waals surface area contributed by atoms with E-state index in [1.165, 1.54) is 34.8 Å². The molecule has 1 fully saturated rings. The molecule has 1 saturated heterocycles. The highest BCUT2D eigenvalue weighted by Gasteiger charge is 2.28. The predicted octanol–water partition coefficient (Wildman–Crippen LogP) is 3.93. The van der Waals surface area contributed by atoms with Gasteiger partial charge in [0.25, 0.3) is 5.91 Å². The third kappa shape index (κ3) is 5.09. The van der Waals surface area contributed by atoms with Crippen LogP contribution in [0.25, 0.3) is 0 Å². The normalized spacial score (nSPS) is 18.7. The summed E-state index contributed by atoms with van der Waals surface area (Å²) in [4.78, 5) is 33.5. The Morgan fingerprint density at radius 2 is 1.97 bits per heavy atom. The van der Waals surface area contributed by atoms with Gasteiger partial charge < -0.3 is 10.2 Å². The summed E-state index contributed by atoms with van der Waals surface area (Å²) in [6.07, 6.45) is 8.43. The zero-order valence-electron chi connectivity index (χ0n) is 17.8. The summed E-state index contributed by atoms with van der Waals surface area (Å²) in [7, 11) is 0. The Morgan fingerprint density at radius 1 is 1.17 bits per heavy atom. The number of hydrogen-bond donors (Lipinski definition) is 1. The molecule has 2 aromatic rings. The van der Waals surface area contributed by atoms with Gasteiger partial charge in [-0.05, 0) is 64.0 Å². The lowest BCUT2D eigenvalue weighted by atomic mass is 9.96. The maximum Gasteiger partial charge on any atom is 0.253 e. The lowest BCUT2D eigenvalue weighted by molar-refractivity contribution is -0.126. The summed E-state index contributed by atoms with van der Waals surface area (Å²) in [5.41, 5.74) is 3.15. The molecule has 1 aliphatic heterocycles. The second-order valence-electron chi connectivity index (χ2n) is 8.54. The van der Waals surface area contributed by atoms with Gasteiger partial charge in [0.2, 0.25) is 5.91 Å². The van der Waals surface area contributed by atoms with Crippen molar-refractivity contribution in [3.05, 3.63) is 51.0 Å². The van der Waals surface area contributed by atoms with E-state index in [2.05, 4.69) is 5.32 Å². The molecule has 1 aromatic carbocycles. The van der Waals surface area contributed by atoms with Crippen LogP contribution in [-0.4, -0.2) is 41.3 Å². The highest BCUT2D eigenvalue weighted by Crippen LogP contribution is 2.27. The number of amides is 2. The molecule has 30 heavy (non-hydrogen) atoms. The van der Waals surface area contributed by atoms with Crippen molar-refractivity contribution < 1.29 is 9.59 Å². The summed E-state index contributed by atoms with van der Waals surface area (Å²) in [5, 5.41) is 4.30. The number of benzene rings is 1. The van der Waals surface area contributed by atoms with E-state index >= 15 is 0 Å². The summed E-state index contributed by atoms with van der Waals surface area (Å²) in [6.45, 7) is 3.92. The van der Waals surface area contributed by atoms with Gasteiger partial charge in [-0.3, -0.25) is 9.59 Å². The van der Waals surface area contributed by atoms with E-state index in [-0.39, 0.29) is 17.7 Å². The molecule has 4 rings (SSSR count). The number of nitrogens with one attached hydrogen (secondary N) is 1. The highest BCUT2D eigenvalue weighted by molar-refractivity contribution is 7.11. The first-order chi connectivity index (χ1) is 14.6. The average molecular weight is 426 g/mol. The van der Waals surface area contributed by atoms with E-state index in [1.54, 1.807) is 0 Å². The fraction of sp³-hybridized carbons (Fsp3) is 0.542. The Bertz CT molecular complexity index is 867. The number of hydrogen-bond acceptors (Lipinski definition) is 4. The SMILES string of the molecule is Cc1ccc(C(=O)N2CCCC(C(=O)NCCCc3nc4c(s3)CCCC4)C2)cc1. The molecular formula is C24H31N3O2S. The van der Waals surface area contributed by atoms with E-state index in [0.717, 1.165) is 44.2 Å². The van der Waals surface area contributed by atoms with Crippen molar-refractivity contribution in [3.63, 3.8) is 0 Å². The van der Waals surface area contributed by atoms with Crippen molar-refractivity contribution in [2.24, 2.45) is 5.92 Å². The van der Waals surface area contributed by atoms with Gasteiger partial charge in [0.1, 0.15) is 0 Å². The number of carbonyl (C=O) groups is 2. The van der Waals surface area contributed by atoms with Crippen LogP contribution in [0.5, 0.6) is 0 Å². The van der Waals surface area contributed by atoms with Crippen LogP contribution in [0.1, 0.15) is 63.6 Å². The fourth-order valence-electron chi connectivity index (χ4n) is 4.36. The van der Waals surface area contributed by atoms with Crippen molar-refractivity contribution in [2.45, 2.75) is 58.3 Å². The molecule has 6 heteroatoms. The molecule has 0 radical (unpaired) electrons. The monoisotopic (exact) mass is 425 g/mol. The van der Waals surface area contributed by atoms with Crippen molar-refractivity contribution in [3.8, 4) is 0 Å². The van der Waals surface area contributed by atoms with Gasteiger partial charge in [-0.15, -0.1) is 11.3 Å². The molecule has 2 aliphatic rings. The Morgan fingerprint density at radius 3 is 2.77 bits per heavy atom. The van der Waals surface area contributed by atoms with Crippen molar-refractivity contribution in [2.75, 3.05) is 19.6 Å². The topological polar surface area (TPSA) is 62.3 Å². The first-order valence-electron chi connectivity index (χ1n) is 11.2. The smallest absolute Gasteiger partial charge is 0.253 e. The predicted molar refractivity (Wildman–Crippen MR) is 120 cm³/mol. The quantitative estimate of drug-likeness (QED) is 0.713. The molecule has 0 saturated carbocycles. The average Bonchev–Trinajstić information content (AvgIpc) is 3.19. The third-order valence-corrected chi connectivity index (χ3v) is 7.35. The Balaban J connectivity index is 1.22. The van der Waals surface area contributed by atoms with E-state index in [1.807, 2.05) is 47.4 Å². The minimum absolute atomic E-state index is 0.0280. The molecule has 5 nitrogen and oxygen atoms in total. The molecule has 1 atom stereocenters. The molecule has 2 amide bonds. The summed E-state index contributed by atoms with van der Waals surface area (Å²) in [6, 6.07) is 7.66. The standard InChI is InChI=1S/C24H31N3O2S/c1-17-10-12-18(13-11-17)24(29)27-15-5-6-19(16-27)23(28)25-14-4-9-22-26-20-7-2-3-8-21(20)30-22/h10-13,19H,2-9,14-16H2,1H3,(H,25,28). The van der Waals surface area contributed by atoms with Crippen LogP contribution >= 0.6 is 11.3 Å². The molecule has 0 spiro atoms. The maximum atomic E-state index is 12.8. The van der Waals surface area contributed by atoms with E-state index in [4.69, 9.17) is 4.98 Å². The summed E-state index contributed by atoms with van der Waals surface area (Å²) >= 11 is 1.86. The van der Waals surface area contributed by atoms with Gasteiger partial charge in [0.15, 0.2) is 0 Å². The first kappa shape index (κ1) is 21.0. The Labute approximate surface area is 182 Å². The first-order valence-corrected chi connectivity index (χ1v) is 12.0. The van der Waals surface area contributed by atoms with Crippen LogP contribution in [0.15, 0.2) is 24.3 Å². The number of fused-ring (bicyclic) bond motifs is 1. The van der Waals surface area contributed by atoms with Crippen LogP contribution in [0.3, 0.4) is 0 Å². The van der Waals surface area contributed by atoms with Gasteiger partial charge in [-0.25, -0.2) is 4.98 Å². The minimum atomic E-state index is -0.111. The number of nitrogens with zero attached hydrogens (tertiary/aromatic N) is 2. The lowest BCUT2D eigenvalue weighted by Gasteiger charge is -2.32. The number of thiazole rings is 1. The summed E-state index contributed by atoms with van der Waals surface area (Å²) in [5.74, 6) is -0.00426. The lowest BCUT2D eigenvalue weighted by Crippen LogP contribution is -2.45. The summed E-state index contributed by atoms with van der Waals surface area (Å²) < 4.78 is 0. The number of aromatic nitrogens is 1. The van der Waals surface area contributed by atoms with Gasteiger partial charge in [-0.1, -0.05) is 17.7 Å². The molecule has 0 bridgehead atoms. The largest absolute Gasteiger partial charge is 0.356 e. The van der Waals surface area contributed by atoms with Crippen LogP contribution in [0, 0.1) is 12.8 Å². The van der Waals surface area contributed by atoms with E-state index < -0.39 is 0 Å². The van der Waals surface area contributed by atoms with E-state index in [0.29, 0.717) is 18.7 Å². The molecule has 1 unspecified atom stereocenters. The van der Waals surface area contributed by atoms with Crippen molar-refractivity contribution in [1.29, 1.82) is 0 Å². The van der Waals surface area contributed by atoms with Crippen LogP contribution in [-0.2, 0) is 24.1 Å². The van der Waals surface area contributed by atoms with Gasteiger partial charge in [-0.2, -0.15) is 0 Å². The van der Waals surface area contributed by atoms with E-state index in [9.17, 15) is 9.59 Å². The number of rotatable bonds is 6. The van der Waals surface area contributed by atoms with Crippen molar-refractivity contribution >= 4 is 23.2 Å². The molecule has 1 aromatic heterocycles. The number of likely N-dealkylation sites (tertiary alicyclic amines) is 1. The maximum absolute atomic E-state index is 12.8. The molecule has 1 aliphatic carbocycles. The molecular weight excluding hydrogens is 394 g/mol. The fourth-order valence-corrected chi connectivity index (χ4v) is 5.56. The second-order valence-corrected chi connectivity index (χ2v) is 9.70. The van der Waals surface area contributed by atoms with Crippen LogP contribution < -0.4 is 5.32 Å². The minimum Gasteiger partial charge on any atom is -0.356 e. The van der Waals surface area contributed by atoms with Crippen LogP contribution in [0.2, 0.25) is 0 Å². The number of piperidine rings is 1. The second kappa shape index (κ2) is 9.73. The van der Waals surface area contributed by atoms with Gasteiger partial charge >= 0.3 is 0 Å². The number of carbonyl (C=O) groups excluding carboxylic acids is 2. The van der Waals surface area contributed by atoms with Gasteiger partial charge in [0.05, 0.1) is 16.6 Å².